The highest BCUT2D eigenvalue weighted by molar-refractivity contribution is 7.44. The lowest BCUT2D eigenvalue weighted by Crippen LogP contribution is -2.57. The summed E-state index contributed by atoms with van der Waals surface area (Å²) in [6.07, 6.45) is 2.08. The highest BCUT2D eigenvalue weighted by atomic mass is 32.1. The Morgan fingerprint density at radius 2 is 1.72 bits per heavy atom. The quantitative estimate of drug-likeness (QED) is 0.0844. The number of carbonyl (C=O) groups excluding carboxylic acids is 4. The molecule has 1 aromatic heterocycles. The predicted molar refractivity (Wildman–Crippen MR) is 211 cm³/mol. The van der Waals surface area contributed by atoms with E-state index in [9.17, 15) is 19.2 Å². The number of nitriles is 1. The molecule has 2 aromatic rings. The lowest BCUT2D eigenvalue weighted by atomic mass is 9.85. The van der Waals surface area contributed by atoms with Crippen molar-refractivity contribution < 1.29 is 33.0 Å². The molecule has 0 radical (unpaired) electrons. The van der Waals surface area contributed by atoms with Gasteiger partial charge >= 0.3 is 5.97 Å². The Kier molecular flexibility index (Phi) is 17.9. The zero-order valence-electron chi connectivity index (χ0n) is 33.3. The Morgan fingerprint density at radius 1 is 1.06 bits per heavy atom. The molecule has 0 spiro atoms. The fourth-order valence-electron chi connectivity index (χ4n) is 6.34. The summed E-state index contributed by atoms with van der Waals surface area (Å²) in [4.78, 5) is 59.8. The van der Waals surface area contributed by atoms with Crippen LogP contribution in [0.25, 0.3) is 10.4 Å². The number of nitrogens with zero attached hydrogens (tertiary/aromatic N) is 4. The van der Waals surface area contributed by atoms with Gasteiger partial charge in [0.25, 0.3) is 8.53 Å². The van der Waals surface area contributed by atoms with Crippen molar-refractivity contribution in [3.05, 3.63) is 41.0 Å². The first-order chi connectivity index (χ1) is 25.5. The van der Waals surface area contributed by atoms with Gasteiger partial charge in [-0.15, -0.1) is 11.3 Å². The molecule has 1 aliphatic rings. The van der Waals surface area contributed by atoms with Crippen LogP contribution in [0.1, 0.15) is 105 Å². The molecule has 0 saturated carbocycles. The van der Waals surface area contributed by atoms with Crippen molar-refractivity contribution in [3.63, 3.8) is 0 Å². The number of rotatable bonds is 20. The molecule has 2 unspecified atom stereocenters. The second kappa shape index (κ2) is 21.6. The molecule has 1 fully saturated rings. The summed E-state index contributed by atoms with van der Waals surface area (Å²) in [7, 11) is -1.32. The molecule has 0 bridgehead atoms. The van der Waals surface area contributed by atoms with Crippen molar-refractivity contribution in [2.75, 3.05) is 19.8 Å². The molecule has 54 heavy (non-hydrogen) atoms. The fraction of sp³-hybridized carbons (Fsp3) is 0.641. The number of unbranched alkanes of at least 4 members (excludes halogenated alkanes) is 2. The van der Waals surface area contributed by atoms with Gasteiger partial charge in [-0.3, -0.25) is 19.2 Å². The van der Waals surface area contributed by atoms with E-state index in [0.29, 0.717) is 26.1 Å². The van der Waals surface area contributed by atoms with E-state index in [1.54, 1.807) is 11.3 Å². The van der Waals surface area contributed by atoms with Gasteiger partial charge in [-0.25, -0.2) is 9.65 Å². The molecule has 4 atom stereocenters. The smallest absolute Gasteiger partial charge is 0.302 e. The number of likely N-dealkylation sites (tertiary alicyclic amines) is 1. The Bertz CT molecular complexity index is 1560. The summed E-state index contributed by atoms with van der Waals surface area (Å²) in [5, 5.41) is 14.8. The maximum atomic E-state index is 14.2. The van der Waals surface area contributed by atoms with E-state index >= 15 is 0 Å². The van der Waals surface area contributed by atoms with Crippen LogP contribution in [0.5, 0.6) is 0 Å². The van der Waals surface area contributed by atoms with Gasteiger partial charge in [0.2, 0.25) is 17.7 Å². The van der Waals surface area contributed by atoms with Crippen molar-refractivity contribution in [2.45, 2.75) is 138 Å². The Morgan fingerprint density at radius 3 is 2.30 bits per heavy atom. The van der Waals surface area contributed by atoms with Crippen molar-refractivity contribution in [3.8, 4) is 16.5 Å². The summed E-state index contributed by atoms with van der Waals surface area (Å²) in [6, 6.07) is 8.63. The van der Waals surface area contributed by atoms with Crippen LogP contribution in [0.2, 0.25) is 0 Å². The third-order valence-electron chi connectivity index (χ3n) is 8.94. The number of esters is 1. The highest BCUT2D eigenvalue weighted by Gasteiger charge is 2.45. The van der Waals surface area contributed by atoms with Crippen molar-refractivity contribution in [1.29, 1.82) is 5.26 Å². The Hall–Kier alpha value is -3.47. The largest absolute Gasteiger partial charge is 0.461 e. The third kappa shape index (κ3) is 13.7. The summed E-state index contributed by atoms with van der Waals surface area (Å²) in [6.45, 7) is 18.3. The number of hydrogen-bond donors (Lipinski definition) is 2. The first-order valence-corrected chi connectivity index (χ1v) is 20.8. The highest BCUT2D eigenvalue weighted by Crippen LogP contribution is 2.46. The molecule has 1 aliphatic heterocycles. The average molecular weight is 787 g/mol. The maximum absolute atomic E-state index is 14.2. The number of ether oxygens (including phenoxy) is 1. The summed E-state index contributed by atoms with van der Waals surface area (Å²) < 4.78 is 19.7. The third-order valence-corrected chi connectivity index (χ3v) is 12.0. The van der Waals surface area contributed by atoms with Crippen LogP contribution in [-0.4, -0.2) is 88.3 Å². The van der Waals surface area contributed by atoms with E-state index in [0.717, 1.165) is 34.5 Å². The minimum atomic E-state index is -1.32. The van der Waals surface area contributed by atoms with E-state index < -0.39 is 44.0 Å². The molecule has 298 valence electrons. The molecule has 2 N–H and O–H groups in total. The number of aryl methyl sites for hydroxylation is 1. The van der Waals surface area contributed by atoms with Gasteiger partial charge < -0.3 is 29.3 Å². The van der Waals surface area contributed by atoms with Gasteiger partial charge in [0.05, 0.1) is 48.3 Å². The summed E-state index contributed by atoms with van der Waals surface area (Å²) >= 11 is 1.57. The zero-order valence-corrected chi connectivity index (χ0v) is 35.1. The van der Waals surface area contributed by atoms with E-state index in [1.165, 1.54) is 11.8 Å². The van der Waals surface area contributed by atoms with Gasteiger partial charge in [-0.05, 0) is 64.0 Å². The van der Waals surface area contributed by atoms with Gasteiger partial charge in [0.1, 0.15) is 18.2 Å². The molecule has 3 rings (SSSR count). The number of amides is 3. The number of thiazole rings is 1. The van der Waals surface area contributed by atoms with E-state index in [-0.39, 0.29) is 49.8 Å². The molecule has 1 aromatic carbocycles. The maximum Gasteiger partial charge on any atom is 0.302 e. The molecule has 1 saturated heterocycles. The summed E-state index contributed by atoms with van der Waals surface area (Å²) in [5.74, 6) is -1.50. The lowest BCUT2D eigenvalue weighted by Gasteiger charge is -2.35. The van der Waals surface area contributed by atoms with Crippen LogP contribution in [0.15, 0.2) is 29.8 Å². The minimum Gasteiger partial charge on any atom is -0.461 e. The molecule has 15 heteroatoms. The minimum absolute atomic E-state index is 0.0513. The van der Waals surface area contributed by atoms with E-state index in [1.807, 2.05) is 57.5 Å². The van der Waals surface area contributed by atoms with Crippen LogP contribution >= 0.6 is 19.9 Å². The van der Waals surface area contributed by atoms with Crippen LogP contribution in [0, 0.1) is 23.7 Å². The first-order valence-electron chi connectivity index (χ1n) is 18.8. The first kappa shape index (κ1) is 44.9. The molecule has 2 heterocycles. The van der Waals surface area contributed by atoms with Crippen molar-refractivity contribution in [1.82, 2.24) is 25.2 Å². The average Bonchev–Trinajstić information content (AvgIpc) is 3.72. The fourth-order valence-corrected chi connectivity index (χ4v) is 8.78. The van der Waals surface area contributed by atoms with Gasteiger partial charge in [0.15, 0.2) is 0 Å². The number of benzene rings is 1. The molecular weight excluding hydrogens is 728 g/mol. The number of hydrogen-bond acceptors (Lipinski definition) is 11. The standard InChI is InChI=1S/C39H59N6O7PS/c1-26(2)45(27(3)4)53(51-21-13-19-40)50-20-12-10-11-14-34(47)43-36(39(7,8)9)38(49)44-24-32(52-29(6)46)22-33(44)37(48)41-23-30-15-17-31(18-16-30)35-28(5)42-25-54-35/h15-18,25-27,32-33,36H,10-14,20-24H2,1-9H3,(H,41,48)(H,43,47)/t32-,33+,36?,53?/m1/s1. The zero-order chi connectivity index (χ0) is 40.0. The number of aromatic nitrogens is 1. The normalized spacial score (nSPS) is 17.1. The van der Waals surface area contributed by atoms with Crippen molar-refractivity contribution >= 4 is 43.6 Å². The second-order valence-corrected chi connectivity index (χ2v) is 17.5. The van der Waals surface area contributed by atoms with Crippen LogP contribution < -0.4 is 10.6 Å². The number of nitrogens with one attached hydrogen (secondary N) is 2. The molecule has 0 aliphatic carbocycles. The summed E-state index contributed by atoms with van der Waals surface area (Å²) in [5.41, 5.74) is 4.06. The van der Waals surface area contributed by atoms with E-state index in [4.69, 9.17) is 19.0 Å². The van der Waals surface area contributed by atoms with Crippen LogP contribution in [0.4, 0.5) is 0 Å². The van der Waals surface area contributed by atoms with Crippen molar-refractivity contribution in [2.24, 2.45) is 5.41 Å². The topological polar surface area (TPSA) is 163 Å². The lowest BCUT2D eigenvalue weighted by molar-refractivity contribution is -0.147. The van der Waals surface area contributed by atoms with Crippen LogP contribution in [0.3, 0.4) is 0 Å². The predicted octanol–water partition coefficient (Wildman–Crippen LogP) is 6.65. The Balaban J connectivity index is 1.58. The van der Waals surface area contributed by atoms with Gasteiger partial charge in [-0.2, -0.15) is 5.26 Å². The number of carbonyl (C=O) groups is 4. The molecule has 13 nitrogen and oxygen atoms in total. The molecule has 3 amide bonds. The van der Waals surface area contributed by atoms with E-state index in [2.05, 4.69) is 54.1 Å². The van der Waals surface area contributed by atoms with Gasteiger partial charge in [-0.1, -0.05) is 51.5 Å². The Labute approximate surface area is 326 Å². The monoisotopic (exact) mass is 786 g/mol. The SMILES string of the molecule is CC(=O)O[C@@H]1C[C@@H](C(=O)NCc2ccc(-c3scnc3C)cc2)N(C(=O)C(NC(=O)CCCCCOP(OCCC#N)N(C(C)C)C(C)C)C(C)(C)C)C1. The molecular formula is C39H59N6O7PS. The second-order valence-electron chi connectivity index (χ2n) is 15.2. The van der Waals surface area contributed by atoms with Crippen LogP contribution in [-0.2, 0) is 39.5 Å². The van der Waals surface area contributed by atoms with Gasteiger partial charge in [0, 0.05) is 38.4 Å².